The largest absolute Gasteiger partial charge is 0.381 e. The monoisotopic (exact) mass is 239 g/mol. The summed E-state index contributed by atoms with van der Waals surface area (Å²) < 4.78 is 5.13. The summed E-state index contributed by atoms with van der Waals surface area (Å²) >= 11 is 0. The molecule has 0 aliphatic rings. The van der Waals surface area contributed by atoms with Gasteiger partial charge in [-0.1, -0.05) is 19.9 Å². The van der Waals surface area contributed by atoms with Gasteiger partial charge >= 0.3 is 0 Å². The third-order valence-electron chi connectivity index (χ3n) is 1.26. The summed E-state index contributed by atoms with van der Waals surface area (Å²) in [6.07, 6.45) is 5.78. The summed E-state index contributed by atoms with van der Waals surface area (Å²) in [6.45, 7) is 6.09. The van der Waals surface area contributed by atoms with Crippen LogP contribution in [-0.4, -0.2) is 18.2 Å². The molecular weight excluding hydrogens is 221 g/mol. The molecule has 0 aromatic carbocycles. The van der Waals surface area contributed by atoms with E-state index in [1.807, 2.05) is 18.2 Å². The Morgan fingerprint density at radius 2 is 1.43 bits per heavy atom. The maximum atomic E-state index is 5.13. The van der Waals surface area contributed by atoms with E-state index in [9.17, 15) is 0 Å². The SMILES string of the molecule is CCCOCCC.[Ni].c1ccncc1. The fourth-order valence-electron chi connectivity index (χ4n) is 0.703. The molecule has 0 N–H and O–H groups in total. The van der Waals surface area contributed by atoms with Crippen molar-refractivity contribution in [1.29, 1.82) is 0 Å². The molecule has 0 aliphatic heterocycles. The van der Waals surface area contributed by atoms with Crippen LogP contribution in [0.2, 0.25) is 0 Å². The van der Waals surface area contributed by atoms with Gasteiger partial charge in [0.25, 0.3) is 0 Å². The zero-order valence-corrected chi connectivity index (χ0v) is 9.87. The molecule has 1 aromatic heterocycles. The number of rotatable bonds is 4. The Balaban J connectivity index is 0. The second kappa shape index (κ2) is 15.1. The van der Waals surface area contributed by atoms with Crippen molar-refractivity contribution in [3.05, 3.63) is 30.6 Å². The Kier molecular flexibility index (Phi) is 17.3. The fraction of sp³-hybridized carbons (Fsp3) is 0.545. The van der Waals surface area contributed by atoms with Crippen LogP contribution in [0, 0.1) is 0 Å². The smallest absolute Gasteiger partial charge is 0.0463 e. The first-order valence-corrected chi connectivity index (χ1v) is 4.84. The van der Waals surface area contributed by atoms with Crippen LogP contribution in [0.5, 0.6) is 0 Å². The second-order valence-corrected chi connectivity index (χ2v) is 2.64. The van der Waals surface area contributed by atoms with Crippen molar-refractivity contribution in [3.8, 4) is 0 Å². The molecule has 1 rings (SSSR count). The normalized spacial score (nSPS) is 8.14. The minimum absolute atomic E-state index is 0. The van der Waals surface area contributed by atoms with Gasteiger partial charge < -0.3 is 4.74 Å². The van der Waals surface area contributed by atoms with Gasteiger partial charge in [0, 0.05) is 42.1 Å². The minimum atomic E-state index is 0. The van der Waals surface area contributed by atoms with Crippen molar-refractivity contribution in [2.24, 2.45) is 0 Å². The van der Waals surface area contributed by atoms with Gasteiger partial charge in [0.05, 0.1) is 0 Å². The molecule has 0 fully saturated rings. The van der Waals surface area contributed by atoms with Crippen LogP contribution < -0.4 is 0 Å². The zero-order chi connectivity index (χ0) is 9.78. The van der Waals surface area contributed by atoms with Crippen molar-refractivity contribution < 1.29 is 21.2 Å². The van der Waals surface area contributed by atoms with Gasteiger partial charge in [-0.15, -0.1) is 0 Å². The number of nitrogens with zero attached hydrogens (tertiary/aromatic N) is 1. The van der Waals surface area contributed by atoms with Crippen LogP contribution in [-0.2, 0) is 21.2 Å². The van der Waals surface area contributed by atoms with Gasteiger partial charge in [-0.2, -0.15) is 0 Å². The molecule has 0 spiro atoms. The van der Waals surface area contributed by atoms with Crippen LogP contribution >= 0.6 is 0 Å². The third-order valence-corrected chi connectivity index (χ3v) is 1.26. The molecule has 0 aliphatic carbocycles. The van der Waals surface area contributed by atoms with Crippen molar-refractivity contribution in [3.63, 3.8) is 0 Å². The first-order chi connectivity index (χ1) is 6.41. The number of pyridine rings is 1. The van der Waals surface area contributed by atoms with Crippen LogP contribution in [0.15, 0.2) is 30.6 Å². The molecule has 0 unspecified atom stereocenters. The predicted octanol–water partition coefficient (Wildman–Crippen LogP) is 2.90. The Morgan fingerprint density at radius 3 is 1.64 bits per heavy atom. The molecule has 0 saturated heterocycles. The minimum Gasteiger partial charge on any atom is -0.381 e. The Labute approximate surface area is 97.0 Å². The second-order valence-electron chi connectivity index (χ2n) is 2.64. The summed E-state index contributed by atoms with van der Waals surface area (Å²) in [5.74, 6) is 0. The third kappa shape index (κ3) is 14.1. The van der Waals surface area contributed by atoms with Gasteiger partial charge in [-0.25, -0.2) is 0 Å². The van der Waals surface area contributed by atoms with Crippen molar-refractivity contribution in [2.75, 3.05) is 13.2 Å². The van der Waals surface area contributed by atoms with E-state index < -0.39 is 0 Å². The average Bonchev–Trinajstić information content (AvgIpc) is 2.22. The van der Waals surface area contributed by atoms with Crippen LogP contribution in [0.3, 0.4) is 0 Å². The fourth-order valence-corrected chi connectivity index (χ4v) is 0.703. The Bertz CT molecular complexity index is 139. The number of hydrogen-bond donors (Lipinski definition) is 0. The molecule has 0 radical (unpaired) electrons. The number of aromatic nitrogens is 1. The van der Waals surface area contributed by atoms with E-state index in [1.165, 1.54) is 0 Å². The molecular formula is C11H19NNiO. The van der Waals surface area contributed by atoms with E-state index in [0.717, 1.165) is 26.1 Å². The number of ether oxygens (including phenoxy) is 1. The van der Waals surface area contributed by atoms with Crippen molar-refractivity contribution >= 4 is 0 Å². The van der Waals surface area contributed by atoms with E-state index in [1.54, 1.807) is 12.4 Å². The zero-order valence-electron chi connectivity index (χ0n) is 8.89. The quantitative estimate of drug-likeness (QED) is 0.596. The number of hydrogen-bond acceptors (Lipinski definition) is 2. The average molecular weight is 240 g/mol. The van der Waals surface area contributed by atoms with Gasteiger partial charge in [-0.3, -0.25) is 4.98 Å². The first-order valence-electron chi connectivity index (χ1n) is 4.84. The standard InChI is InChI=1S/C6H14O.C5H5N.Ni/c1-3-5-7-6-4-2;1-2-4-6-5-3-1;/h3-6H2,1-2H3;1-5H;. The summed E-state index contributed by atoms with van der Waals surface area (Å²) in [4.78, 5) is 3.78. The van der Waals surface area contributed by atoms with Crippen molar-refractivity contribution in [2.45, 2.75) is 26.7 Å². The predicted molar refractivity (Wildman–Crippen MR) is 55.6 cm³/mol. The summed E-state index contributed by atoms with van der Waals surface area (Å²) in [7, 11) is 0. The molecule has 0 atom stereocenters. The van der Waals surface area contributed by atoms with Gasteiger partial charge in [0.15, 0.2) is 0 Å². The van der Waals surface area contributed by atoms with E-state index in [2.05, 4.69) is 18.8 Å². The molecule has 84 valence electrons. The van der Waals surface area contributed by atoms with E-state index in [0.29, 0.717) is 0 Å². The molecule has 3 heteroatoms. The Hall–Kier alpha value is -0.396. The van der Waals surface area contributed by atoms with Crippen LogP contribution in [0.25, 0.3) is 0 Å². The van der Waals surface area contributed by atoms with Gasteiger partial charge in [-0.05, 0) is 25.0 Å². The Morgan fingerprint density at radius 1 is 0.929 bits per heavy atom. The molecule has 14 heavy (non-hydrogen) atoms. The first kappa shape index (κ1) is 16.0. The van der Waals surface area contributed by atoms with Gasteiger partial charge in [0.1, 0.15) is 0 Å². The van der Waals surface area contributed by atoms with Crippen LogP contribution in [0.1, 0.15) is 26.7 Å². The summed E-state index contributed by atoms with van der Waals surface area (Å²) in [5.41, 5.74) is 0. The van der Waals surface area contributed by atoms with E-state index in [-0.39, 0.29) is 16.5 Å². The van der Waals surface area contributed by atoms with E-state index in [4.69, 9.17) is 4.74 Å². The molecule has 0 bridgehead atoms. The maximum Gasteiger partial charge on any atom is 0.0463 e. The summed E-state index contributed by atoms with van der Waals surface area (Å²) in [6, 6.07) is 5.72. The van der Waals surface area contributed by atoms with Gasteiger partial charge in [0.2, 0.25) is 0 Å². The summed E-state index contributed by atoms with van der Waals surface area (Å²) in [5, 5.41) is 0. The topological polar surface area (TPSA) is 22.1 Å². The molecule has 1 aromatic rings. The molecule has 2 nitrogen and oxygen atoms in total. The van der Waals surface area contributed by atoms with Crippen molar-refractivity contribution in [1.82, 2.24) is 4.98 Å². The molecule has 0 amide bonds. The molecule has 1 heterocycles. The maximum absolute atomic E-state index is 5.13. The van der Waals surface area contributed by atoms with Crippen LogP contribution in [0.4, 0.5) is 0 Å². The molecule has 0 saturated carbocycles. The van der Waals surface area contributed by atoms with E-state index >= 15 is 0 Å².